The molecule has 184 valence electrons. The molecule has 5 rings (SSSR count). The number of methoxy groups -OCH3 is 1. The molecule has 1 aliphatic heterocycles. The van der Waals surface area contributed by atoms with Gasteiger partial charge in [-0.1, -0.05) is 18.2 Å². The Kier molecular flexibility index (Phi) is 5.88. The van der Waals surface area contributed by atoms with Gasteiger partial charge >= 0.3 is 0 Å². The number of amides is 1. The van der Waals surface area contributed by atoms with E-state index in [9.17, 15) is 14.0 Å². The highest BCUT2D eigenvalue weighted by molar-refractivity contribution is 5.90. The number of aromatic nitrogens is 2. The molecule has 0 radical (unpaired) electrons. The lowest BCUT2D eigenvalue weighted by atomic mass is 10.0. The molecule has 1 aromatic heterocycles. The first kappa shape index (κ1) is 23.4. The van der Waals surface area contributed by atoms with Gasteiger partial charge in [0.2, 0.25) is 11.8 Å². The SMILES string of the molecule is COc1cccc2c1Oc1c(c(=O)n(-c3ccc(C)c(C)c3)n1CC(=O)Nc1ccc(F)c(C)c1)C2. The molecule has 8 heteroatoms. The number of ether oxygens (including phenoxy) is 2. The summed E-state index contributed by atoms with van der Waals surface area (Å²) in [4.78, 5) is 26.8. The van der Waals surface area contributed by atoms with Crippen molar-refractivity contribution in [3.05, 3.63) is 98.6 Å². The minimum atomic E-state index is -0.384. The molecule has 0 bridgehead atoms. The maximum absolute atomic E-state index is 13.7. The third-order valence-corrected chi connectivity index (χ3v) is 6.50. The van der Waals surface area contributed by atoms with Gasteiger partial charge in [0.05, 0.1) is 18.4 Å². The first-order chi connectivity index (χ1) is 17.3. The number of hydrogen-bond donors (Lipinski definition) is 1. The zero-order valence-corrected chi connectivity index (χ0v) is 20.5. The molecule has 0 saturated carbocycles. The third-order valence-electron chi connectivity index (χ3n) is 6.50. The van der Waals surface area contributed by atoms with E-state index in [1.165, 1.54) is 16.8 Å². The van der Waals surface area contributed by atoms with Crippen molar-refractivity contribution in [3.63, 3.8) is 0 Å². The number of nitrogens with one attached hydrogen (secondary N) is 1. The second-order valence-corrected chi connectivity index (χ2v) is 8.97. The number of carbonyl (C=O) groups excluding carboxylic acids is 1. The van der Waals surface area contributed by atoms with Crippen molar-refractivity contribution < 1.29 is 18.7 Å². The van der Waals surface area contributed by atoms with Gasteiger partial charge in [0, 0.05) is 17.7 Å². The van der Waals surface area contributed by atoms with Gasteiger partial charge < -0.3 is 14.8 Å². The van der Waals surface area contributed by atoms with Crippen LogP contribution in [0.25, 0.3) is 5.69 Å². The molecule has 0 unspecified atom stereocenters. The highest BCUT2D eigenvalue weighted by Crippen LogP contribution is 2.41. The molecule has 36 heavy (non-hydrogen) atoms. The molecular weight excluding hydrogens is 461 g/mol. The van der Waals surface area contributed by atoms with Gasteiger partial charge in [-0.25, -0.2) is 13.8 Å². The summed E-state index contributed by atoms with van der Waals surface area (Å²) in [6, 6.07) is 15.6. The number of fused-ring (bicyclic) bond motifs is 2. The summed E-state index contributed by atoms with van der Waals surface area (Å²) in [6.45, 7) is 5.40. The van der Waals surface area contributed by atoms with Gasteiger partial charge in [0.25, 0.3) is 5.56 Å². The fourth-order valence-electron chi connectivity index (χ4n) is 4.42. The van der Waals surface area contributed by atoms with E-state index in [1.54, 1.807) is 30.8 Å². The molecule has 4 aromatic rings. The van der Waals surface area contributed by atoms with Crippen LogP contribution in [0, 0.1) is 26.6 Å². The molecule has 0 saturated heterocycles. The van der Waals surface area contributed by atoms with Crippen LogP contribution in [0.2, 0.25) is 0 Å². The summed E-state index contributed by atoms with van der Waals surface area (Å²) < 4.78 is 28.4. The maximum atomic E-state index is 13.7. The first-order valence-electron chi connectivity index (χ1n) is 11.6. The predicted octanol–water partition coefficient (Wildman–Crippen LogP) is 5.05. The molecule has 2 heterocycles. The van der Waals surface area contributed by atoms with Crippen LogP contribution in [0.15, 0.2) is 59.4 Å². The number of aryl methyl sites for hydroxylation is 3. The van der Waals surface area contributed by atoms with E-state index < -0.39 is 0 Å². The number of carbonyl (C=O) groups is 1. The molecule has 0 aliphatic carbocycles. The smallest absolute Gasteiger partial charge is 0.278 e. The molecule has 0 spiro atoms. The molecule has 0 atom stereocenters. The lowest BCUT2D eigenvalue weighted by Gasteiger charge is -2.21. The summed E-state index contributed by atoms with van der Waals surface area (Å²) in [5.41, 5.74) is 4.65. The van der Waals surface area contributed by atoms with Crippen LogP contribution in [0.1, 0.15) is 27.8 Å². The zero-order valence-electron chi connectivity index (χ0n) is 20.5. The number of hydrogen-bond acceptors (Lipinski definition) is 4. The van der Waals surface area contributed by atoms with Crippen molar-refractivity contribution in [1.29, 1.82) is 0 Å². The number of rotatable bonds is 5. The van der Waals surface area contributed by atoms with Crippen LogP contribution < -0.4 is 20.3 Å². The van der Waals surface area contributed by atoms with Crippen LogP contribution in [0.4, 0.5) is 10.1 Å². The molecule has 3 aromatic carbocycles. The quantitative estimate of drug-likeness (QED) is 0.377. The standard InChI is InChI=1S/C28H26FN3O4/c1-16-8-10-21(13-17(16)2)32-27(34)22-14-19-6-5-7-24(35-4)26(19)36-28(22)31(32)15-25(33)30-20-9-11-23(29)18(3)12-20/h5-13H,14-15H2,1-4H3,(H,30,33). The van der Waals surface area contributed by atoms with Crippen molar-refractivity contribution in [1.82, 2.24) is 9.36 Å². The minimum absolute atomic E-state index is 0.196. The molecule has 7 nitrogen and oxygen atoms in total. The van der Waals surface area contributed by atoms with Gasteiger partial charge in [-0.15, -0.1) is 0 Å². The molecule has 1 amide bonds. The topological polar surface area (TPSA) is 74.5 Å². The number of nitrogens with zero attached hydrogens (tertiary/aromatic N) is 2. The molecular formula is C28H26FN3O4. The van der Waals surface area contributed by atoms with Crippen molar-refractivity contribution in [3.8, 4) is 23.1 Å². The number of anilines is 1. The van der Waals surface area contributed by atoms with E-state index in [0.717, 1.165) is 16.7 Å². The van der Waals surface area contributed by atoms with Crippen molar-refractivity contribution >= 4 is 11.6 Å². The summed E-state index contributed by atoms with van der Waals surface area (Å²) in [7, 11) is 1.56. The normalized spacial score (nSPS) is 11.9. The van der Waals surface area contributed by atoms with Gasteiger partial charge in [-0.05, 0) is 73.9 Å². The minimum Gasteiger partial charge on any atom is -0.493 e. The van der Waals surface area contributed by atoms with E-state index >= 15 is 0 Å². The van der Waals surface area contributed by atoms with E-state index in [1.807, 2.05) is 44.2 Å². The number of benzene rings is 3. The van der Waals surface area contributed by atoms with Crippen molar-refractivity contribution in [2.24, 2.45) is 0 Å². The Morgan fingerprint density at radius 1 is 1.06 bits per heavy atom. The molecule has 1 aliphatic rings. The Morgan fingerprint density at radius 2 is 1.86 bits per heavy atom. The number of halogens is 1. The maximum Gasteiger partial charge on any atom is 0.278 e. The average Bonchev–Trinajstić information content (AvgIpc) is 3.11. The Bertz CT molecular complexity index is 1570. The fraction of sp³-hybridized carbons (Fsp3) is 0.214. The monoisotopic (exact) mass is 487 g/mol. The lowest BCUT2D eigenvalue weighted by Crippen LogP contribution is -2.27. The first-order valence-corrected chi connectivity index (χ1v) is 11.6. The van der Waals surface area contributed by atoms with Crippen LogP contribution in [0.5, 0.6) is 17.4 Å². The number of para-hydroxylation sites is 1. The summed E-state index contributed by atoms with van der Waals surface area (Å²) >= 11 is 0. The molecule has 1 N–H and O–H groups in total. The van der Waals surface area contributed by atoms with Crippen LogP contribution in [-0.4, -0.2) is 22.4 Å². The lowest BCUT2D eigenvalue weighted by molar-refractivity contribution is -0.117. The van der Waals surface area contributed by atoms with Crippen LogP contribution in [0.3, 0.4) is 0 Å². The van der Waals surface area contributed by atoms with Crippen LogP contribution in [-0.2, 0) is 17.8 Å². The second kappa shape index (κ2) is 9.03. The van der Waals surface area contributed by atoms with Gasteiger partial charge in [0.15, 0.2) is 11.5 Å². The third kappa shape index (κ3) is 4.04. The van der Waals surface area contributed by atoms with Gasteiger partial charge in [-0.3, -0.25) is 9.59 Å². The zero-order chi connectivity index (χ0) is 25.6. The predicted molar refractivity (Wildman–Crippen MR) is 135 cm³/mol. The van der Waals surface area contributed by atoms with E-state index in [4.69, 9.17) is 9.47 Å². The second-order valence-electron chi connectivity index (χ2n) is 8.97. The van der Waals surface area contributed by atoms with Gasteiger partial charge in [0.1, 0.15) is 12.4 Å². The van der Waals surface area contributed by atoms with Crippen LogP contribution >= 0.6 is 0 Å². The Hall–Kier alpha value is -4.33. The highest BCUT2D eigenvalue weighted by Gasteiger charge is 2.31. The Balaban J connectivity index is 1.60. The Morgan fingerprint density at radius 3 is 2.58 bits per heavy atom. The van der Waals surface area contributed by atoms with E-state index in [-0.39, 0.29) is 23.8 Å². The summed E-state index contributed by atoms with van der Waals surface area (Å²) in [6.07, 6.45) is 0.345. The van der Waals surface area contributed by atoms with Crippen molar-refractivity contribution in [2.45, 2.75) is 33.7 Å². The van der Waals surface area contributed by atoms with E-state index in [0.29, 0.717) is 46.3 Å². The average molecular weight is 488 g/mol. The van der Waals surface area contributed by atoms with E-state index in [2.05, 4.69) is 5.32 Å². The Labute approximate surface area is 207 Å². The molecule has 0 fully saturated rings. The summed E-state index contributed by atoms with van der Waals surface area (Å²) in [5.74, 6) is 0.624. The highest BCUT2D eigenvalue weighted by atomic mass is 19.1. The fourth-order valence-corrected chi connectivity index (χ4v) is 4.42. The largest absolute Gasteiger partial charge is 0.493 e. The summed E-state index contributed by atoms with van der Waals surface area (Å²) in [5, 5.41) is 2.79. The van der Waals surface area contributed by atoms with Gasteiger partial charge in [-0.2, -0.15) is 0 Å². The van der Waals surface area contributed by atoms with Crippen molar-refractivity contribution in [2.75, 3.05) is 12.4 Å².